The number of anilines is 1. The van der Waals surface area contributed by atoms with Crippen molar-refractivity contribution in [2.45, 2.75) is 6.42 Å². The van der Waals surface area contributed by atoms with E-state index in [2.05, 4.69) is 29.6 Å². The van der Waals surface area contributed by atoms with Gasteiger partial charge in [-0.2, -0.15) is 10.5 Å². The summed E-state index contributed by atoms with van der Waals surface area (Å²) in [5.41, 5.74) is 6.06. The van der Waals surface area contributed by atoms with Crippen LogP contribution in [0.5, 0.6) is 0 Å². The predicted molar refractivity (Wildman–Crippen MR) is 173 cm³/mol. The van der Waals surface area contributed by atoms with Crippen LogP contribution in [0, 0.1) is 35.8 Å². The zero-order chi connectivity index (χ0) is 32.4. The minimum absolute atomic E-state index is 0. The van der Waals surface area contributed by atoms with Gasteiger partial charge in [0.05, 0.1) is 89.8 Å². The molecule has 0 saturated heterocycles. The molecule has 0 bridgehead atoms. The Morgan fingerprint density at radius 2 is 1.11 bits per heavy atom. The second kappa shape index (κ2) is 20.2. The molecule has 45 heavy (non-hydrogen) atoms. The summed E-state index contributed by atoms with van der Waals surface area (Å²) in [6.45, 7) is 13.9. The predicted octanol–water partition coefficient (Wildman–Crippen LogP) is 7.37. The largest absolute Gasteiger partial charge is 1.00 e. The number of rotatable bonds is 2. The van der Waals surface area contributed by atoms with Crippen molar-refractivity contribution in [3.05, 3.63) is 115 Å². The molecular formula is C25H9Cl9N9NaO. The van der Waals surface area contributed by atoms with Crippen LogP contribution < -0.4 is 35.3 Å². The molecule has 2 aromatic carbocycles. The molecule has 2 aromatic heterocycles. The second-order valence-corrected chi connectivity index (χ2v) is 10.8. The first-order chi connectivity index (χ1) is 20.3. The van der Waals surface area contributed by atoms with Gasteiger partial charge in [-0.15, -0.1) is 0 Å². The Balaban J connectivity index is 0.000000697. The van der Waals surface area contributed by atoms with E-state index in [1.807, 2.05) is 6.07 Å². The number of benzene rings is 2. The third-order valence-electron chi connectivity index (χ3n) is 4.72. The topological polar surface area (TPSA) is 164 Å². The van der Waals surface area contributed by atoms with Gasteiger partial charge in [0.25, 0.3) is 0 Å². The summed E-state index contributed by atoms with van der Waals surface area (Å²) in [6, 6.07) is 3.70. The SMILES string of the molecule is Nc1cncc(Cl)n1.[C-]#[N+]c1c(Cl)c(Cl)c(Cc2cncc(Cl)n2)c(C#N)c1Cl.[C-]#[N+]c1c(Cl)c(Cl)c(Cl)c(C#N)c1Cl.[Na+].[OH-]. The van der Waals surface area contributed by atoms with Crippen molar-refractivity contribution >= 4 is 122 Å². The molecule has 3 N–H and O–H groups in total. The molecule has 0 saturated carbocycles. The molecule has 0 fully saturated rings. The molecule has 0 atom stereocenters. The normalized spacial score (nSPS) is 9.18. The molecule has 0 unspecified atom stereocenters. The van der Waals surface area contributed by atoms with E-state index in [1.165, 1.54) is 24.8 Å². The van der Waals surface area contributed by atoms with E-state index in [4.69, 9.17) is 129 Å². The molecule has 0 spiro atoms. The quantitative estimate of drug-likeness (QED) is 0.0952. The summed E-state index contributed by atoms with van der Waals surface area (Å²) in [5.74, 6) is 0.345. The maximum absolute atomic E-state index is 9.27. The van der Waals surface area contributed by atoms with E-state index in [9.17, 15) is 5.26 Å². The van der Waals surface area contributed by atoms with Crippen molar-refractivity contribution in [1.82, 2.24) is 19.9 Å². The molecule has 0 aliphatic rings. The van der Waals surface area contributed by atoms with Gasteiger partial charge in [0, 0.05) is 12.6 Å². The van der Waals surface area contributed by atoms with Crippen LogP contribution in [0.15, 0.2) is 24.8 Å². The van der Waals surface area contributed by atoms with Crippen LogP contribution in [0.25, 0.3) is 9.69 Å². The monoisotopic (exact) mass is 789 g/mol. The Morgan fingerprint density at radius 1 is 0.644 bits per heavy atom. The van der Waals surface area contributed by atoms with Gasteiger partial charge in [0.15, 0.2) is 0 Å². The zero-order valence-corrected chi connectivity index (χ0v) is 30.8. The van der Waals surface area contributed by atoms with Gasteiger partial charge in [0.2, 0.25) is 11.4 Å². The standard InChI is InChI=1S/C13H4Cl4N4.C8Cl4N2.C4H4ClN3.Na.H2O/c1-19-13-11(16)8(3-18)7(10(15)12(13)17)2-6-4-20-5-9(14)21-6;1-14-8-5(10)3(2-13)4(9)6(11)7(8)12;5-3-1-7-2-4(6)8-3;;/h4-5H,2H2;;1-2H,(H2,6,8);;1H2/q;;;+1;/p-1. The van der Waals surface area contributed by atoms with Crippen LogP contribution in [0.1, 0.15) is 22.4 Å². The van der Waals surface area contributed by atoms with Gasteiger partial charge in [-0.05, 0) is 5.56 Å². The number of nitrogens with two attached hydrogens (primary N) is 1. The maximum Gasteiger partial charge on any atom is 1.00 e. The number of halogens is 9. The second-order valence-electron chi connectivity index (χ2n) is 7.35. The van der Waals surface area contributed by atoms with Gasteiger partial charge >= 0.3 is 29.6 Å². The summed E-state index contributed by atoms with van der Waals surface area (Å²) in [7, 11) is 0. The van der Waals surface area contributed by atoms with Gasteiger partial charge in [0.1, 0.15) is 22.2 Å². The Hall–Kier alpha value is -2.07. The third-order valence-corrected chi connectivity index (χ3v) is 8.02. The van der Waals surface area contributed by atoms with E-state index in [1.54, 1.807) is 6.07 Å². The Kier molecular flexibility index (Phi) is 19.3. The minimum atomic E-state index is -0.0677. The summed E-state index contributed by atoms with van der Waals surface area (Å²) in [5, 5.41) is 18.5. The maximum atomic E-state index is 9.27. The van der Waals surface area contributed by atoms with E-state index in [0.29, 0.717) is 22.2 Å². The van der Waals surface area contributed by atoms with Crippen molar-refractivity contribution < 1.29 is 35.0 Å². The summed E-state index contributed by atoms with van der Waals surface area (Å²) < 4.78 is 0. The average molecular weight is 793 g/mol. The first kappa shape index (κ1) is 42.9. The van der Waals surface area contributed by atoms with Crippen molar-refractivity contribution in [3.63, 3.8) is 0 Å². The van der Waals surface area contributed by atoms with E-state index >= 15 is 0 Å². The smallest absolute Gasteiger partial charge is 0.870 e. The number of nitrogens with zero attached hydrogens (tertiary/aromatic N) is 8. The van der Waals surface area contributed by atoms with Crippen LogP contribution >= 0.6 is 104 Å². The Bertz CT molecular complexity index is 1830. The average Bonchev–Trinajstić information content (AvgIpc) is 2.96. The van der Waals surface area contributed by atoms with Crippen LogP contribution in [0.2, 0.25) is 45.5 Å². The van der Waals surface area contributed by atoms with Gasteiger partial charge in [-0.3, -0.25) is 9.97 Å². The molecular weight excluding hydrogens is 784 g/mol. The fourth-order valence-electron chi connectivity index (χ4n) is 2.89. The molecule has 0 aliphatic carbocycles. The summed E-state index contributed by atoms with van der Waals surface area (Å²) in [4.78, 5) is 21.6. The first-order valence-corrected chi connectivity index (χ1v) is 14.0. The van der Waals surface area contributed by atoms with Crippen molar-refractivity contribution in [2.75, 3.05) is 5.73 Å². The molecule has 10 nitrogen and oxygen atoms in total. The van der Waals surface area contributed by atoms with Gasteiger partial charge in [-0.1, -0.05) is 104 Å². The van der Waals surface area contributed by atoms with Crippen LogP contribution in [0.3, 0.4) is 0 Å². The molecule has 2 heterocycles. The van der Waals surface area contributed by atoms with Crippen LogP contribution in [0.4, 0.5) is 17.2 Å². The summed E-state index contributed by atoms with van der Waals surface area (Å²) >= 11 is 52.2. The molecule has 0 aliphatic heterocycles. The van der Waals surface area contributed by atoms with Gasteiger partial charge < -0.3 is 11.2 Å². The fourth-order valence-corrected chi connectivity index (χ4v) is 5.12. The molecule has 224 valence electrons. The summed E-state index contributed by atoms with van der Waals surface area (Å²) in [6.07, 6.45) is 5.92. The Labute approximate surface area is 323 Å². The number of nitrogen functional groups attached to an aromatic ring is 1. The van der Waals surface area contributed by atoms with Crippen molar-refractivity contribution in [2.24, 2.45) is 0 Å². The molecule has 4 rings (SSSR count). The first-order valence-electron chi connectivity index (χ1n) is 10.6. The van der Waals surface area contributed by atoms with E-state index in [0.717, 1.165) is 0 Å². The molecule has 4 aromatic rings. The van der Waals surface area contributed by atoms with E-state index in [-0.39, 0.29) is 104 Å². The number of hydrogen-bond acceptors (Lipinski definition) is 8. The van der Waals surface area contributed by atoms with Crippen LogP contribution in [-0.2, 0) is 6.42 Å². The van der Waals surface area contributed by atoms with Gasteiger partial charge in [-0.25, -0.2) is 19.7 Å². The van der Waals surface area contributed by atoms with Crippen molar-refractivity contribution in [1.29, 1.82) is 10.5 Å². The fraction of sp³-hybridized carbons (Fsp3) is 0.0400. The molecule has 0 amide bonds. The minimum Gasteiger partial charge on any atom is -0.870 e. The van der Waals surface area contributed by atoms with E-state index < -0.39 is 0 Å². The van der Waals surface area contributed by atoms with Crippen LogP contribution in [-0.4, -0.2) is 25.4 Å². The van der Waals surface area contributed by atoms with Crippen molar-refractivity contribution in [3.8, 4) is 12.1 Å². The number of aromatic nitrogens is 4. The zero-order valence-electron chi connectivity index (χ0n) is 22.0. The number of hydrogen-bond donors (Lipinski definition) is 1. The third kappa shape index (κ3) is 11.0. The Morgan fingerprint density at radius 3 is 1.53 bits per heavy atom. The number of nitriles is 2. The molecule has 0 radical (unpaired) electrons. The molecule has 20 heteroatoms.